The third-order valence-electron chi connectivity index (χ3n) is 1.75. The van der Waals surface area contributed by atoms with Gasteiger partial charge in [-0.1, -0.05) is 0 Å². The van der Waals surface area contributed by atoms with Gasteiger partial charge in [-0.05, 0) is 18.2 Å². The molecule has 0 saturated carbocycles. The second-order valence-corrected chi connectivity index (χ2v) is 2.62. The van der Waals surface area contributed by atoms with Crippen molar-refractivity contribution in [1.82, 2.24) is 4.57 Å². The van der Waals surface area contributed by atoms with E-state index in [1.807, 2.05) is 0 Å². The zero-order valence-corrected chi connectivity index (χ0v) is 6.67. The van der Waals surface area contributed by atoms with Gasteiger partial charge < -0.3 is 4.57 Å². The number of aromatic nitrogens is 1. The van der Waals surface area contributed by atoms with E-state index in [-0.39, 0.29) is 0 Å². The summed E-state index contributed by atoms with van der Waals surface area (Å²) >= 11 is 0. The first-order valence-electron chi connectivity index (χ1n) is 3.77. The highest BCUT2D eigenvalue weighted by atomic mass is 19.2. The molecule has 0 aliphatic rings. The van der Waals surface area contributed by atoms with Crippen LogP contribution in [0.2, 0.25) is 0 Å². The zero-order valence-electron chi connectivity index (χ0n) is 6.67. The lowest BCUT2D eigenvalue weighted by atomic mass is 10.3. The van der Waals surface area contributed by atoms with Gasteiger partial charge in [0.25, 0.3) is 0 Å². The molecule has 1 aromatic heterocycles. The lowest BCUT2D eigenvalue weighted by Gasteiger charge is -2.02. The van der Waals surface area contributed by atoms with Crippen LogP contribution in [0.1, 0.15) is 0 Å². The van der Waals surface area contributed by atoms with Gasteiger partial charge in [0.05, 0.1) is 0 Å². The molecule has 1 nitrogen and oxygen atoms in total. The van der Waals surface area contributed by atoms with Crippen molar-refractivity contribution in [2.24, 2.45) is 0 Å². The van der Waals surface area contributed by atoms with Crippen LogP contribution in [0.3, 0.4) is 0 Å². The Morgan fingerprint density at radius 1 is 1.15 bits per heavy atom. The molecule has 1 radical (unpaired) electrons. The monoisotopic (exact) mass is 178 g/mol. The van der Waals surface area contributed by atoms with Crippen LogP contribution in [0.5, 0.6) is 0 Å². The van der Waals surface area contributed by atoms with Crippen molar-refractivity contribution in [2.75, 3.05) is 0 Å². The van der Waals surface area contributed by atoms with Gasteiger partial charge in [-0.25, -0.2) is 8.78 Å². The summed E-state index contributed by atoms with van der Waals surface area (Å²) in [6.45, 7) is 0. The highest BCUT2D eigenvalue weighted by molar-refractivity contribution is 5.33. The molecule has 1 aromatic carbocycles. The van der Waals surface area contributed by atoms with Gasteiger partial charge in [-0.15, -0.1) is 0 Å². The summed E-state index contributed by atoms with van der Waals surface area (Å²) in [4.78, 5) is 0. The molecule has 13 heavy (non-hydrogen) atoms. The van der Waals surface area contributed by atoms with Crippen molar-refractivity contribution < 1.29 is 8.78 Å². The average molecular weight is 178 g/mol. The molecule has 65 valence electrons. The van der Waals surface area contributed by atoms with Gasteiger partial charge in [-0.3, -0.25) is 0 Å². The molecule has 0 N–H and O–H groups in total. The number of hydrogen-bond acceptors (Lipinski definition) is 0. The fraction of sp³-hybridized carbons (Fsp3) is 0. The first kappa shape index (κ1) is 7.98. The second-order valence-electron chi connectivity index (χ2n) is 2.62. The van der Waals surface area contributed by atoms with Crippen molar-refractivity contribution in [2.45, 2.75) is 0 Å². The van der Waals surface area contributed by atoms with E-state index in [1.54, 1.807) is 23.0 Å². The molecule has 2 rings (SSSR count). The van der Waals surface area contributed by atoms with Gasteiger partial charge in [0.1, 0.15) is 0 Å². The molecule has 0 atom stereocenters. The smallest absolute Gasteiger partial charge is 0.160 e. The third kappa shape index (κ3) is 1.45. The van der Waals surface area contributed by atoms with E-state index in [0.29, 0.717) is 5.69 Å². The van der Waals surface area contributed by atoms with Crippen LogP contribution >= 0.6 is 0 Å². The predicted molar refractivity (Wildman–Crippen MR) is 44.5 cm³/mol. The van der Waals surface area contributed by atoms with Crippen LogP contribution in [0.4, 0.5) is 8.78 Å². The standard InChI is InChI=1S/C10H6F2N/c11-9-4-3-8(7-10(9)12)13-5-1-2-6-13/h1,3-7H. The van der Waals surface area contributed by atoms with E-state index < -0.39 is 11.6 Å². The topological polar surface area (TPSA) is 4.93 Å². The molecule has 0 bridgehead atoms. The molecule has 0 saturated heterocycles. The molecular formula is C10H6F2N. The molecule has 0 unspecified atom stereocenters. The SMILES string of the molecule is Fc1ccc(-n2c[c]cc2)cc1F. The number of rotatable bonds is 1. The first-order valence-corrected chi connectivity index (χ1v) is 3.77. The van der Waals surface area contributed by atoms with Crippen molar-refractivity contribution in [3.05, 3.63) is 54.4 Å². The second kappa shape index (κ2) is 3.01. The average Bonchev–Trinajstić information content (AvgIpc) is 2.62. The third-order valence-corrected chi connectivity index (χ3v) is 1.75. The van der Waals surface area contributed by atoms with Crippen LogP contribution < -0.4 is 0 Å². The molecule has 0 spiro atoms. The van der Waals surface area contributed by atoms with Crippen LogP contribution in [0.15, 0.2) is 36.7 Å². The highest BCUT2D eigenvalue weighted by Gasteiger charge is 2.02. The first-order chi connectivity index (χ1) is 6.27. The van der Waals surface area contributed by atoms with Crippen LogP contribution in [-0.2, 0) is 0 Å². The number of hydrogen-bond donors (Lipinski definition) is 0. The fourth-order valence-electron chi connectivity index (χ4n) is 1.10. The Hall–Kier alpha value is -1.64. The minimum Gasteiger partial charge on any atom is -0.323 e. The molecular weight excluding hydrogens is 172 g/mol. The summed E-state index contributed by atoms with van der Waals surface area (Å²) in [6, 6.07) is 8.25. The van der Waals surface area contributed by atoms with Crippen molar-refractivity contribution in [1.29, 1.82) is 0 Å². The normalized spacial score (nSPS) is 10.3. The predicted octanol–water partition coefficient (Wildman–Crippen LogP) is 2.56. The Morgan fingerprint density at radius 2 is 2.00 bits per heavy atom. The minimum atomic E-state index is -0.841. The van der Waals surface area contributed by atoms with Crippen molar-refractivity contribution in [3.8, 4) is 5.69 Å². The molecule has 0 fully saturated rings. The quantitative estimate of drug-likeness (QED) is 0.632. The van der Waals surface area contributed by atoms with Gasteiger partial charge in [0.15, 0.2) is 11.6 Å². The summed E-state index contributed by atoms with van der Waals surface area (Å²) < 4.78 is 27.0. The Kier molecular flexibility index (Phi) is 1.85. The zero-order chi connectivity index (χ0) is 9.26. The minimum absolute atomic E-state index is 0.583. The summed E-state index contributed by atoms with van der Waals surface area (Å²) in [5, 5.41) is 0. The van der Waals surface area contributed by atoms with Crippen LogP contribution in [-0.4, -0.2) is 4.57 Å². The molecule has 0 aliphatic heterocycles. The maximum atomic E-state index is 12.8. The Balaban J connectivity index is 2.49. The summed E-state index contributed by atoms with van der Waals surface area (Å²) in [5.41, 5.74) is 0.583. The van der Waals surface area contributed by atoms with Gasteiger partial charge >= 0.3 is 0 Å². The Bertz CT molecular complexity index is 407. The van der Waals surface area contributed by atoms with E-state index in [9.17, 15) is 8.78 Å². The fourth-order valence-corrected chi connectivity index (χ4v) is 1.10. The highest BCUT2D eigenvalue weighted by Crippen LogP contribution is 2.12. The molecule has 0 amide bonds. The van der Waals surface area contributed by atoms with Crippen molar-refractivity contribution >= 4 is 0 Å². The van der Waals surface area contributed by atoms with E-state index in [0.717, 1.165) is 12.1 Å². The lowest BCUT2D eigenvalue weighted by molar-refractivity contribution is 0.508. The van der Waals surface area contributed by atoms with E-state index in [2.05, 4.69) is 6.07 Å². The van der Waals surface area contributed by atoms with E-state index in [4.69, 9.17) is 0 Å². The lowest BCUT2D eigenvalue weighted by Crippen LogP contribution is -1.92. The Morgan fingerprint density at radius 3 is 2.62 bits per heavy atom. The van der Waals surface area contributed by atoms with Gasteiger partial charge in [0, 0.05) is 30.2 Å². The summed E-state index contributed by atoms with van der Waals surface area (Å²) in [5.74, 6) is -1.67. The summed E-state index contributed by atoms with van der Waals surface area (Å²) in [6.07, 6.45) is 3.36. The van der Waals surface area contributed by atoms with Gasteiger partial charge in [0.2, 0.25) is 0 Å². The molecule has 2 aromatic rings. The largest absolute Gasteiger partial charge is 0.323 e. The number of benzene rings is 1. The number of halogens is 2. The molecule has 1 heterocycles. The molecule has 0 aliphatic carbocycles. The van der Waals surface area contributed by atoms with E-state index in [1.165, 1.54) is 6.07 Å². The van der Waals surface area contributed by atoms with Crippen LogP contribution in [0.25, 0.3) is 5.69 Å². The van der Waals surface area contributed by atoms with Crippen LogP contribution in [0, 0.1) is 17.7 Å². The maximum Gasteiger partial charge on any atom is 0.160 e. The van der Waals surface area contributed by atoms with E-state index >= 15 is 0 Å². The summed E-state index contributed by atoms with van der Waals surface area (Å²) in [7, 11) is 0. The Labute approximate surface area is 74.2 Å². The van der Waals surface area contributed by atoms with Gasteiger partial charge in [-0.2, -0.15) is 0 Å². The maximum absolute atomic E-state index is 12.8. The number of nitrogens with zero attached hydrogens (tertiary/aromatic N) is 1. The van der Waals surface area contributed by atoms with Crippen molar-refractivity contribution in [3.63, 3.8) is 0 Å². The molecule has 3 heteroatoms.